The second-order valence-electron chi connectivity index (χ2n) is 8.90. The fourth-order valence-corrected chi connectivity index (χ4v) is 3.99. The van der Waals surface area contributed by atoms with Gasteiger partial charge in [0.15, 0.2) is 11.8 Å². The standard InChI is InChI=1S/C32H31N3O5/c1-33-35(31(37)21-30(36)25-13-7-3-8-14-25)29(23-39-22-24-11-5-2-6-12-24)32(38)34-26-17-19-28(20-18-26)40-27-15-9-4-10-16-27/h2-20,29,33H,21-23H2,1H3,(H,34,38). The first-order chi connectivity index (χ1) is 19.5. The van der Waals surface area contributed by atoms with Gasteiger partial charge in [-0.3, -0.25) is 19.4 Å². The Morgan fingerprint density at radius 3 is 1.95 bits per heavy atom. The predicted octanol–water partition coefficient (Wildman–Crippen LogP) is 5.24. The maximum atomic E-state index is 13.5. The predicted molar refractivity (Wildman–Crippen MR) is 153 cm³/mol. The van der Waals surface area contributed by atoms with E-state index in [9.17, 15) is 14.4 Å². The second-order valence-corrected chi connectivity index (χ2v) is 8.90. The highest BCUT2D eigenvalue weighted by Crippen LogP contribution is 2.23. The third-order valence-corrected chi connectivity index (χ3v) is 6.02. The summed E-state index contributed by atoms with van der Waals surface area (Å²) in [5.41, 5.74) is 4.65. The van der Waals surface area contributed by atoms with Crippen LogP contribution in [0.3, 0.4) is 0 Å². The van der Waals surface area contributed by atoms with E-state index in [0.29, 0.717) is 22.7 Å². The van der Waals surface area contributed by atoms with E-state index >= 15 is 0 Å². The molecule has 0 spiro atoms. The summed E-state index contributed by atoms with van der Waals surface area (Å²) in [5.74, 6) is -0.0585. The molecule has 0 heterocycles. The summed E-state index contributed by atoms with van der Waals surface area (Å²) in [6.45, 7) is 0.160. The topological polar surface area (TPSA) is 97.0 Å². The number of rotatable bonds is 13. The fourth-order valence-electron chi connectivity index (χ4n) is 3.99. The number of ether oxygens (including phenoxy) is 2. The fraction of sp³-hybridized carbons (Fsp3) is 0.156. The van der Waals surface area contributed by atoms with Gasteiger partial charge in [0.1, 0.15) is 11.5 Å². The summed E-state index contributed by atoms with van der Waals surface area (Å²) in [6, 6.07) is 33.3. The van der Waals surface area contributed by atoms with Gasteiger partial charge in [0.2, 0.25) is 5.91 Å². The number of benzene rings is 4. The zero-order valence-corrected chi connectivity index (χ0v) is 22.2. The Labute approximate surface area is 233 Å². The molecule has 8 heteroatoms. The van der Waals surface area contributed by atoms with Crippen molar-refractivity contribution >= 4 is 23.3 Å². The molecule has 40 heavy (non-hydrogen) atoms. The van der Waals surface area contributed by atoms with Gasteiger partial charge in [0, 0.05) is 18.3 Å². The lowest BCUT2D eigenvalue weighted by Gasteiger charge is -2.30. The zero-order chi connectivity index (χ0) is 28.2. The van der Waals surface area contributed by atoms with Gasteiger partial charge in [-0.2, -0.15) is 0 Å². The van der Waals surface area contributed by atoms with Crippen LogP contribution in [0.25, 0.3) is 0 Å². The van der Waals surface area contributed by atoms with E-state index in [1.807, 2.05) is 60.7 Å². The lowest BCUT2D eigenvalue weighted by atomic mass is 10.1. The van der Waals surface area contributed by atoms with E-state index in [-0.39, 0.29) is 19.0 Å². The molecule has 4 rings (SSSR count). The van der Waals surface area contributed by atoms with Crippen LogP contribution < -0.4 is 15.5 Å². The smallest absolute Gasteiger partial charge is 0.251 e. The molecule has 4 aromatic rings. The number of nitrogens with zero attached hydrogens (tertiary/aromatic N) is 1. The molecule has 0 aliphatic carbocycles. The number of Topliss-reactive ketones (excluding diaryl/α,β-unsaturated/α-hetero) is 1. The maximum Gasteiger partial charge on any atom is 0.251 e. The van der Waals surface area contributed by atoms with E-state index in [2.05, 4.69) is 10.7 Å². The van der Waals surface area contributed by atoms with Crippen LogP contribution in [0.15, 0.2) is 115 Å². The molecule has 0 fully saturated rings. The summed E-state index contributed by atoms with van der Waals surface area (Å²) in [5, 5.41) is 3.99. The van der Waals surface area contributed by atoms with Gasteiger partial charge in [-0.25, -0.2) is 5.43 Å². The first kappa shape index (κ1) is 28.2. The second kappa shape index (κ2) is 14.4. The van der Waals surface area contributed by atoms with Crippen LogP contribution in [-0.4, -0.2) is 42.3 Å². The largest absolute Gasteiger partial charge is 0.457 e. The molecule has 8 nitrogen and oxygen atoms in total. The van der Waals surface area contributed by atoms with E-state index in [4.69, 9.17) is 9.47 Å². The van der Waals surface area contributed by atoms with Crippen molar-refractivity contribution in [2.45, 2.75) is 19.1 Å². The highest BCUT2D eigenvalue weighted by Gasteiger charge is 2.31. The number of anilines is 1. The molecule has 0 aliphatic rings. The minimum absolute atomic E-state index is 0.0952. The Morgan fingerprint density at radius 2 is 1.32 bits per heavy atom. The Kier molecular flexibility index (Phi) is 10.2. The average Bonchev–Trinajstić information content (AvgIpc) is 2.99. The Morgan fingerprint density at radius 1 is 0.750 bits per heavy atom. The third kappa shape index (κ3) is 8.10. The number of para-hydroxylation sites is 1. The highest BCUT2D eigenvalue weighted by molar-refractivity contribution is 6.08. The molecule has 2 amide bonds. The normalized spacial score (nSPS) is 11.3. The van der Waals surface area contributed by atoms with Gasteiger partial charge in [-0.15, -0.1) is 0 Å². The summed E-state index contributed by atoms with van der Waals surface area (Å²) < 4.78 is 11.7. The summed E-state index contributed by atoms with van der Waals surface area (Å²) in [6.07, 6.45) is -0.404. The molecule has 0 radical (unpaired) electrons. The molecule has 204 valence electrons. The number of carbonyl (C=O) groups is 3. The summed E-state index contributed by atoms with van der Waals surface area (Å²) in [7, 11) is 1.53. The molecular formula is C32H31N3O5. The molecule has 0 saturated heterocycles. The Bertz CT molecular complexity index is 1380. The van der Waals surface area contributed by atoms with Crippen LogP contribution in [0, 0.1) is 0 Å². The van der Waals surface area contributed by atoms with Crippen molar-refractivity contribution in [3.63, 3.8) is 0 Å². The average molecular weight is 538 g/mol. The van der Waals surface area contributed by atoms with E-state index in [1.165, 1.54) is 7.05 Å². The van der Waals surface area contributed by atoms with Gasteiger partial charge in [-0.1, -0.05) is 78.9 Å². The molecule has 0 bridgehead atoms. The van der Waals surface area contributed by atoms with Crippen LogP contribution in [0.4, 0.5) is 5.69 Å². The van der Waals surface area contributed by atoms with Crippen molar-refractivity contribution in [1.29, 1.82) is 0 Å². The lowest BCUT2D eigenvalue weighted by Crippen LogP contribution is -2.55. The first-order valence-electron chi connectivity index (χ1n) is 12.9. The van der Waals surface area contributed by atoms with Gasteiger partial charge in [0.05, 0.1) is 19.6 Å². The van der Waals surface area contributed by atoms with E-state index in [1.54, 1.807) is 54.6 Å². The van der Waals surface area contributed by atoms with Crippen molar-refractivity contribution in [2.24, 2.45) is 0 Å². The number of hydrogen-bond acceptors (Lipinski definition) is 6. The molecule has 1 unspecified atom stereocenters. The summed E-state index contributed by atoms with van der Waals surface area (Å²) in [4.78, 5) is 39.4. The van der Waals surface area contributed by atoms with Crippen LogP contribution in [0.2, 0.25) is 0 Å². The van der Waals surface area contributed by atoms with Crippen LogP contribution in [0.1, 0.15) is 22.3 Å². The van der Waals surface area contributed by atoms with E-state index in [0.717, 1.165) is 10.6 Å². The zero-order valence-electron chi connectivity index (χ0n) is 22.2. The monoisotopic (exact) mass is 537 g/mol. The van der Waals surface area contributed by atoms with Crippen molar-refractivity contribution in [2.75, 3.05) is 19.0 Å². The number of carbonyl (C=O) groups excluding carboxylic acids is 3. The quantitative estimate of drug-likeness (QED) is 0.138. The molecule has 0 saturated carbocycles. The molecule has 0 aliphatic heterocycles. The third-order valence-electron chi connectivity index (χ3n) is 6.02. The molecule has 0 aromatic heterocycles. The number of hydrazine groups is 1. The van der Waals surface area contributed by atoms with Crippen LogP contribution in [0.5, 0.6) is 11.5 Å². The van der Waals surface area contributed by atoms with Crippen LogP contribution >= 0.6 is 0 Å². The van der Waals surface area contributed by atoms with Gasteiger partial charge in [-0.05, 0) is 42.0 Å². The Balaban J connectivity index is 1.46. The van der Waals surface area contributed by atoms with Gasteiger partial charge in [0.25, 0.3) is 5.91 Å². The number of amides is 2. The molecule has 1 atom stereocenters. The van der Waals surface area contributed by atoms with E-state index < -0.39 is 24.3 Å². The first-order valence-corrected chi connectivity index (χ1v) is 12.9. The van der Waals surface area contributed by atoms with Crippen molar-refractivity contribution in [3.05, 3.63) is 126 Å². The molecular weight excluding hydrogens is 506 g/mol. The van der Waals surface area contributed by atoms with Crippen molar-refractivity contribution in [1.82, 2.24) is 10.4 Å². The Hall–Kier alpha value is -4.79. The van der Waals surface area contributed by atoms with Crippen molar-refractivity contribution in [3.8, 4) is 11.5 Å². The lowest BCUT2D eigenvalue weighted by molar-refractivity contribution is -0.144. The highest BCUT2D eigenvalue weighted by atomic mass is 16.5. The van der Waals surface area contributed by atoms with Gasteiger partial charge >= 0.3 is 0 Å². The van der Waals surface area contributed by atoms with Crippen molar-refractivity contribution < 1.29 is 23.9 Å². The minimum atomic E-state index is -1.05. The number of nitrogens with one attached hydrogen (secondary N) is 2. The SMILES string of the molecule is CNN(C(=O)CC(=O)c1ccccc1)C(COCc1ccccc1)C(=O)Nc1ccc(Oc2ccccc2)cc1. The molecule has 2 N–H and O–H groups in total. The van der Waals surface area contributed by atoms with Gasteiger partial charge < -0.3 is 14.8 Å². The maximum absolute atomic E-state index is 13.5. The van der Waals surface area contributed by atoms with Crippen LogP contribution in [-0.2, 0) is 20.9 Å². The minimum Gasteiger partial charge on any atom is -0.457 e. The number of hydrogen-bond donors (Lipinski definition) is 2. The number of ketones is 1. The molecule has 4 aromatic carbocycles. The summed E-state index contributed by atoms with van der Waals surface area (Å²) >= 11 is 0.